The Morgan fingerprint density at radius 3 is 2.52 bits per heavy atom. The molecule has 0 spiro atoms. The highest BCUT2D eigenvalue weighted by Gasteiger charge is 2.33. The number of rotatable bonds is 2. The third-order valence-corrected chi connectivity index (χ3v) is 4.15. The van der Waals surface area contributed by atoms with E-state index in [0.29, 0.717) is 11.5 Å². The number of hydrogen-bond acceptors (Lipinski definition) is 3. The summed E-state index contributed by atoms with van der Waals surface area (Å²) in [7, 11) is 0. The molecule has 0 aliphatic carbocycles. The zero-order valence-corrected chi connectivity index (χ0v) is 13.5. The summed E-state index contributed by atoms with van der Waals surface area (Å²) in [6.45, 7) is 1.44. The molecular weight excluding hydrogens is 319 g/mol. The number of ether oxygens (including phenoxy) is 1. The van der Waals surface area contributed by atoms with Gasteiger partial charge in [0.15, 0.2) is 0 Å². The van der Waals surface area contributed by atoms with Gasteiger partial charge in [0, 0.05) is 18.1 Å². The maximum absolute atomic E-state index is 13.1. The van der Waals surface area contributed by atoms with Crippen molar-refractivity contribution in [3.05, 3.63) is 83.7 Å². The molecule has 0 radical (unpaired) electrons. The first-order valence-electron chi connectivity index (χ1n) is 7.92. The van der Waals surface area contributed by atoms with E-state index in [1.165, 1.54) is 24.1 Å². The summed E-state index contributed by atoms with van der Waals surface area (Å²) in [5, 5.41) is 7.68. The van der Waals surface area contributed by atoms with Crippen LogP contribution in [0.3, 0.4) is 0 Å². The molecule has 4 nitrogen and oxygen atoms in total. The second-order valence-corrected chi connectivity index (χ2v) is 5.81. The van der Waals surface area contributed by atoms with Crippen molar-refractivity contribution in [3.63, 3.8) is 0 Å². The molecule has 0 saturated heterocycles. The van der Waals surface area contributed by atoms with Gasteiger partial charge in [-0.2, -0.15) is 5.01 Å². The smallest absolute Gasteiger partial charge is 0.243 e. The topological polar surface area (TPSA) is 41.9 Å². The minimum Gasteiger partial charge on any atom is -0.446 e. The molecule has 1 unspecified atom stereocenters. The lowest BCUT2D eigenvalue weighted by Crippen LogP contribution is -2.25. The molecular formula is C20H15FN2O2. The predicted octanol–water partition coefficient (Wildman–Crippen LogP) is 4.22. The SMILES string of the molecule is CC(=O)N1N=C(c2ccc(F)cc2)OC1c1cccc2ccccc12. The van der Waals surface area contributed by atoms with Crippen LogP contribution in [0.2, 0.25) is 0 Å². The van der Waals surface area contributed by atoms with Crippen LogP contribution in [0.5, 0.6) is 0 Å². The number of carbonyl (C=O) groups excluding carboxylic acids is 1. The summed E-state index contributed by atoms with van der Waals surface area (Å²) in [6.07, 6.45) is -0.649. The molecule has 3 aromatic carbocycles. The van der Waals surface area contributed by atoms with Crippen molar-refractivity contribution in [2.24, 2.45) is 5.10 Å². The Balaban J connectivity index is 1.77. The van der Waals surface area contributed by atoms with Gasteiger partial charge in [-0.25, -0.2) is 4.39 Å². The Morgan fingerprint density at radius 2 is 1.76 bits per heavy atom. The van der Waals surface area contributed by atoms with Gasteiger partial charge >= 0.3 is 0 Å². The lowest BCUT2D eigenvalue weighted by molar-refractivity contribution is -0.135. The Kier molecular flexibility index (Phi) is 3.69. The van der Waals surface area contributed by atoms with E-state index in [4.69, 9.17) is 4.74 Å². The molecule has 0 fully saturated rings. The van der Waals surface area contributed by atoms with Gasteiger partial charge in [0.1, 0.15) is 5.82 Å². The van der Waals surface area contributed by atoms with Crippen molar-refractivity contribution >= 4 is 22.6 Å². The molecule has 1 aliphatic rings. The fourth-order valence-electron chi connectivity index (χ4n) is 2.94. The number of hydrazone groups is 1. The Hall–Kier alpha value is -3.21. The Bertz CT molecular complexity index is 977. The summed E-state index contributed by atoms with van der Waals surface area (Å²) >= 11 is 0. The van der Waals surface area contributed by atoms with Crippen molar-refractivity contribution in [1.29, 1.82) is 0 Å². The van der Waals surface area contributed by atoms with Crippen LogP contribution in [0, 0.1) is 5.82 Å². The van der Waals surface area contributed by atoms with Crippen LogP contribution in [0.1, 0.15) is 24.3 Å². The van der Waals surface area contributed by atoms with Gasteiger partial charge in [-0.3, -0.25) is 4.79 Å². The largest absolute Gasteiger partial charge is 0.446 e. The van der Waals surface area contributed by atoms with Gasteiger partial charge in [0.25, 0.3) is 0 Å². The second kappa shape index (κ2) is 6.02. The summed E-state index contributed by atoms with van der Waals surface area (Å²) < 4.78 is 19.1. The first-order valence-corrected chi connectivity index (χ1v) is 7.92. The normalized spacial score (nSPS) is 16.6. The van der Waals surface area contributed by atoms with Crippen LogP contribution >= 0.6 is 0 Å². The predicted molar refractivity (Wildman–Crippen MR) is 93.2 cm³/mol. The van der Waals surface area contributed by atoms with Crippen LogP contribution in [0.4, 0.5) is 4.39 Å². The Labute approximate surface area is 144 Å². The quantitative estimate of drug-likeness (QED) is 0.704. The molecule has 1 atom stereocenters. The van der Waals surface area contributed by atoms with Gasteiger partial charge in [0.05, 0.1) is 0 Å². The number of amides is 1. The van der Waals surface area contributed by atoms with E-state index in [1.807, 2.05) is 42.5 Å². The van der Waals surface area contributed by atoms with Crippen molar-refractivity contribution in [2.45, 2.75) is 13.2 Å². The summed E-state index contributed by atoms with van der Waals surface area (Å²) in [5.74, 6) is -0.264. The van der Waals surface area contributed by atoms with Gasteiger partial charge < -0.3 is 4.74 Å². The van der Waals surface area contributed by atoms with Gasteiger partial charge in [-0.1, -0.05) is 42.5 Å². The monoisotopic (exact) mass is 334 g/mol. The highest BCUT2D eigenvalue weighted by atomic mass is 19.1. The first kappa shape index (κ1) is 15.3. The minimum atomic E-state index is -0.649. The molecule has 0 saturated carbocycles. The van der Waals surface area contributed by atoms with E-state index in [0.717, 1.165) is 16.3 Å². The summed E-state index contributed by atoms with van der Waals surface area (Å²) in [4.78, 5) is 12.1. The zero-order chi connectivity index (χ0) is 17.4. The maximum atomic E-state index is 13.1. The lowest BCUT2D eigenvalue weighted by atomic mass is 10.0. The average Bonchev–Trinajstić information content (AvgIpc) is 3.07. The summed E-state index contributed by atoms with van der Waals surface area (Å²) in [6, 6.07) is 19.6. The van der Waals surface area contributed by atoms with E-state index in [9.17, 15) is 9.18 Å². The molecule has 0 bridgehead atoms. The summed E-state index contributed by atoms with van der Waals surface area (Å²) in [5.41, 5.74) is 1.48. The van der Waals surface area contributed by atoms with Gasteiger partial charge in [-0.05, 0) is 35.0 Å². The standard InChI is InChI=1S/C20H15FN2O2/c1-13(24)23-20(18-8-4-6-14-5-2-3-7-17(14)18)25-19(22-23)15-9-11-16(21)12-10-15/h2-12,20H,1H3. The highest BCUT2D eigenvalue weighted by molar-refractivity contribution is 5.97. The molecule has 5 heteroatoms. The van der Waals surface area contributed by atoms with Crippen LogP contribution in [0.15, 0.2) is 71.8 Å². The number of carbonyl (C=O) groups is 1. The average molecular weight is 334 g/mol. The van der Waals surface area contributed by atoms with Crippen LogP contribution in [0.25, 0.3) is 10.8 Å². The number of halogens is 1. The van der Waals surface area contributed by atoms with E-state index >= 15 is 0 Å². The molecule has 1 amide bonds. The van der Waals surface area contributed by atoms with Crippen molar-refractivity contribution < 1.29 is 13.9 Å². The molecule has 0 N–H and O–H groups in total. The van der Waals surface area contributed by atoms with E-state index in [-0.39, 0.29) is 11.7 Å². The number of fused-ring (bicyclic) bond motifs is 1. The zero-order valence-electron chi connectivity index (χ0n) is 13.5. The molecule has 1 aliphatic heterocycles. The number of nitrogens with zero attached hydrogens (tertiary/aromatic N) is 2. The van der Waals surface area contributed by atoms with E-state index in [2.05, 4.69) is 5.10 Å². The van der Waals surface area contributed by atoms with Crippen molar-refractivity contribution in [3.8, 4) is 0 Å². The molecule has 0 aromatic heterocycles. The Morgan fingerprint density at radius 1 is 1.04 bits per heavy atom. The third-order valence-electron chi connectivity index (χ3n) is 4.15. The fraction of sp³-hybridized carbons (Fsp3) is 0.100. The van der Waals surface area contributed by atoms with Crippen LogP contribution in [-0.4, -0.2) is 16.8 Å². The number of benzene rings is 3. The molecule has 124 valence electrons. The number of hydrogen-bond donors (Lipinski definition) is 0. The van der Waals surface area contributed by atoms with E-state index in [1.54, 1.807) is 12.1 Å². The first-order chi connectivity index (χ1) is 12.1. The van der Waals surface area contributed by atoms with Gasteiger partial charge in [0.2, 0.25) is 18.0 Å². The van der Waals surface area contributed by atoms with Gasteiger partial charge in [-0.15, -0.1) is 5.10 Å². The van der Waals surface area contributed by atoms with Crippen LogP contribution < -0.4 is 0 Å². The van der Waals surface area contributed by atoms with Crippen LogP contribution in [-0.2, 0) is 9.53 Å². The van der Waals surface area contributed by atoms with E-state index < -0.39 is 6.23 Å². The molecule has 3 aromatic rings. The third kappa shape index (κ3) is 2.74. The molecule has 4 rings (SSSR count). The molecule has 25 heavy (non-hydrogen) atoms. The molecule has 1 heterocycles. The minimum absolute atomic E-state index is 0.227. The lowest BCUT2D eigenvalue weighted by Gasteiger charge is -2.20. The second-order valence-electron chi connectivity index (χ2n) is 5.81. The van der Waals surface area contributed by atoms with Crippen molar-refractivity contribution in [2.75, 3.05) is 0 Å². The maximum Gasteiger partial charge on any atom is 0.243 e. The highest BCUT2D eigenvalue weighted by Crippen LogP contribution is 2.34. The fourth-order valence-corrected chi connectivity index (χ4v) is 2.94. The van der Waals surface area contributed by atoms with Crippen molar-refractivity contribution in [1.82, 2.24) is 5.01 Å².